The Morgan fingerprint density at radius 1 is 1.10 bits per heavy atom. The molecule has 0 saturated heterocycles. The van der Waals surface area contributed by atoms with E-state index < -0.39 is 0 Å². The average molecular weight is 389 g/mol. The van der Waals surface area contributed by atoms with Crippen LogP contribution >= 0.6 is 0 Å². The third-order valence-corrected chi connectivity index (χ3v) is 5.06. The first-order valence-corrected chi connectivity index (χ1v) is 9.65. The summed E-state index contributed by atoms with van der Waals surface area (Å²) in [6, 6.07) is 14.2. The summed E-state index contributed by atoms with van der Waals surface area (Å²) in [7, 11) is 1.70. The number of fused-ring (bicyclic) bond motifs is 2. The van der Waals surface area contributed by atoms with Gasteiger partial charge in [0.05, 0.1) is 17.1 Å². The topological polar surface area (TPSA) is 81.3 Å². The van der Waals surface area contributed by atoms with E-state index in [1.807, 2.05) is 53.1 Å². The monoisotopic (exact) mass is 389 g/mol. The van der Waals surface area contributed by atoms with Crippen LogP contribution in [-0.2, 0) is 7.05 Å². The summed E-state index contributed by atoms with van der Waals surface area (Å²) in [5.41, 5.74) is 1.59. The Morgan fingerprint density at radius 3 is 2.66 bits per heavy atom. The van der Waals surface area contributed by atoms with Crippen molar-refractivity contribution >= 4 is 22.5 Å². The Bertz CT molecular complexity index is 1260. The van der Waals surface area contributed by atoms with Crippen molar-refractivity contribution in [3.8, 4) is 0 Å². The van der Waals surface area contributed by atoms with Gasteiger partial charge in [-0.05, 0) is 30.5 Å². The fourth-order valence-corrected chi connectivity index (χ4v) is 3.63. The molecule has 0 bridgehead atoms. The molecule has 1 N–H and O–H groups in total. The smallest absolute Gasteiger partial charge is 0.252 e. The van der Waals surface area contributed by atoms with Crippen molar-refractivity contribution < 1.29 is 4.79 Å². The first kappa shape index (κ1) is 18.9. The van der Waals surface area contributed by atoms with Crippen LogP contribution in [0.2, 0.25) is 0 Å². The maximum atomic E-state index is 13.2. The van der Waals surface area contributed by atoms with Gasteiger partial charge in [-0.15, -0.1) is 10.2 Å². The first-order valence-electron chi connectivity index (χ1n) is 9.65. The van der Waals surface area contributed by atoms with Crippen LogP contribution in [0.25, 0.3) is 16.6 Å². The Kier molecular flexibility index (Phi) is 4.88. The summed E-state index contributed by atoms with van der Waals surface area (Å²) in [6.45, 7) is 4.19. The average Bonchev–Trinajstić information content (AvgIpc) is 3.14. The fourth-order valence-electron chi connectivity index (χ4n) is 3.63. The fraction of sp³-hybridized carbons (Fsp3) is 0.273. The van der Waals surface area contributed by atoms with Crippen molar-refractivity contribution in [2.24, 2.45) is 13.0 Å². The van der Waals surface area contributed by atoms with Crippen LogP contribution in [0.3, 0.4) is 0 Å². The van der Waals surface area contributed by atoms with Crippen molar-refractivity contribution in [2.45, 2.75) is 26.3 Å². The highest BCUT2D eigenvalue weighted by Gasteiger charge is 2.23. The molecule has 7 heteroatoms. The Labute approximate surface area is 168 Å². The summed E-state index contributed by atoms with van der Waals surface area (Å²) in [4.78, 5) is 25.6. The molecule has 148 valence electrons. The maximum absolute atomic E-state index is 13.2. The van der Waals surface area contributed by atoms with Gasteiger partial charge in [0.25, 0.3) is 11.5 Å². The van der Waals surface area contributed by atoms with Crippen LogP contribution in [0.1, 0.15) is 42.5 Å². The molecular formula is C22H23N5O2. The van der Waals surface area contributed by atoms with Gasteiger partial charge < -0.3 is 9.88 Å². The van der Waals surface area contributed by atoms with E-state index in [1.54, 1.807) is 11.6 Å². The zero-order valence-electron chi connectivity index (χ0n) is 16.7. The highest BCUT2D eigenvalue weighted by molar-refractivity contribution is 6.06. The largest absolute Gasteiger partial charge is 0.342 e. The summed E-state index contributed by atoms with van der Waals surface area (Å²) < 4.78 is 3.43. The zero-order chi connectivity index (χ0) is 20.5. The number of rotatable bonds is 5. The molecule has 7 nitrogen and oxygen atoms in total. The molecule has 0 aliphatic heterocycles. The second kappa shape index (κ2) is 7.50. The van der Waals surface area contributed by atoms with Gasteiger partial charge in [-0.3, -0.25) is 14.0 Å². The van der Waals surface area contributed by atoms with E-state index in [0.29, 0.717) is 23.7 Å². The van der Waals surface area contributed by atoms with Crippen molar-refractivity contribution in [3.63, 3.8) is 0 Å². The number of benzene rings is 1. The molecule has 3 aromatic heterocycles. The van der Waals surface area contributed by atoms with Crippen molar-refractivity contribution in [1.82, 2.24) is 24.5 Å². The van der Waals surface area contributed by atoms with E-state index in [1.165, 1.54) is 6.07 Å². The van der Waals surface area contributed by atoms with E-state index >= 15 is 0 Å². The van der Waals surface area contributed by atoms with Crippen molar-refractivity contribution in [2.75, 3.05) is 0 Å². The molecule has 3 heterocycles. The van der Waals surface area contributed by atoms with E-state index in [4.69, 9.17) is 0 Å². The summed E-state index contributed by atoms with van der Waals surface area (Å²) in [5.74, 6) is 0.713. The SMILES string of the molecule is CC(C)C[C@H](NC(=O)c1cc(=O)n(C)c2ccccc12)c1nnc2ccccn12. The number of carbonyl (C=O) groups excluding carboxylic acids is 1. The van der Waals surface area contributed by atoms with Crippen molar-refractivity contribution in [1.29, 1.82) is 0 Å². The minimum absolute atomic E-state index is 0.220. The van der Waals surface area contributed by atoms with Crippen LogP contribution in [0.15, 0.2) is 59.5 Å². The van der Waals surface area contributed by atoms with Gasteiger partial charge in [-0.1, -0.05) is 38.1 Å². The molecule has 1 aromatic carbocycles. The zero-order valence-corrected chi connectivity index (χ0v) is 16.7. The second-order valence-electron chi connectivity index (χ2n) is 7.62. The highest BCUT2D eigenvalue weighted by Crippen LogP contribution is 2.23. The number of nitrogens with zero attached hydrogens (tertiary/aromatic N) is 4. The number of pyridine rings is 2. The van der Waals surface area contributed by atoms with Crippen LogP contribution in [0, 0.1) is 5.92 Å². The molecule has 0 fully saturated rings. The Morgan fingerprint density at radius 2 is 1.86 bits per heavy atom. The highest BCUT2D eigenvalue weighted by atomic mass is 16.2. The Hall–Kier alpha value is -3.48. The van der Waals surface area contributed by atoms with Gasteiger partial charge in [0.1, 0.15) is 0 Å². The second-order valence-corrected chi connectivity index (χ2v) is 7.62. The molecule has 0 saturated carbocycles. The molecule has 0 aliphatic rings. The van der Waals surface area contributed by atoms with E-state index in [-0.39, 0.29) is 17.5 Å². The quantitative estimate of drug-likeness (QED) is 0.569. The molecule has 0 aliphatic carbocycles. The lowest BCUT2D eigenvalue weighted by atomic mass is 10.0. The third-order valence-electron chi connectivity index (χ3n) is 5.06. The summed E-state index contributed by atoms with van der Waals surface area (Å²) in [6.07, 6.45) is 2.59. The lowest BCUT2D eigenvalue weighted by Gasteiger charge is -2.20. The molecule has 0 radical (unpaired) electrons. The summed E-state index contributed by atoms with van der Waals surface area (Å²) in [5, 5.41) is 12.4. The van der Waals surface area contributed by atoms with Gasteiger partial charge in [-0.25, -0.2) is 0 Å². The van der Waals surface area contributed by atoms with Crippen LogP contribution in [-0.4, -0.2) is 25.1 Å². The number of amides is 1. The number of hydrogen-bond donors (Lipinski definition) is 1. The molecule has 1 amide bonds. The van der Waals surface area contributed by atoms with Gasteiger partial charge in [0.15, 0.2) is 11.5 Å². The lowest BCUT2D eigenvalue weighted by Crippen LogP contribution is -2.32. The maximum Gasteiger partial charge on any atom is 0.252 e. The Balaban J connectivity index is 1.76. The number of aryl methyl sites for hydroxylation is 1. The molecule has 4 aromatic rings. The van der Waals surface area contributed by atoms with E-state index in [0.717, 1.165) is 16.6 Å². The molecular weight excluding hydrogens is 366 g/mol. The number of nitrogens with one attached hydrogen (secondary N) is 1. The van der Waals surface area contributed by atoms with Gasteiger partial charge in [0, 0.05) is 24.7 Å². The first-order chi connectivity index (χ1) is 14.0. The van der Waals surface area contributed by atoms with Crippen molar-refractivity contribution in [3.05, 3.63) is 76.5 Å². The predicted octanol–water partition coefficient (Wildman–Crippen LogP) is 3.10. The molecule has 1 atom stereocenters. The number of aromatic nitrogens is 4. The van der Waals surface area contributed by atoms with Crippen LogP contribution in [0.4, 0.5) is 0 Å². The van der Waals surface area contributed by atoms with Gasteiger partial charge in [0.2, 0.25) is 0 Å². The minimum Gasteiger partial charge on any atom is -0.342 e. The number of hydrogen-bond acceptors (Lipinski definition) is 4. The molecule has 4 rings (SSSR count). The number of carbonyl (C=O) groups is 1. The standard InChI is InChI=1S/C22H23N5O2/c1-14(2)12-17(21-25-24-19-10-6-7-11-27(19)21)23-22(29)16-13-20(28)26(3)18-9-5-4-8-15(16)18/h4-11,13-14,17H,12H2,1-3H3,(H,23,29)/t17-/m0/s1. The predicted molar refractivity (Wildman–Crippen MR) is 112 cm³/mol. The van der Waals surface area contributed by atoms with E-state index in [2.05, 4.69) is 29.4 Å². The number of para-hydroxylation sites is 1. The molecule has 0 unspecified atom stereocenters. The third kappa shape index (κ3) is 3.51. The van der Waals surface area contributed by atoms with Crippen LogP contribution < -0.4 is 10.9 Å². The lowest BCUT2D eigenvalue weighted by molar-refractivity contribution is 0.0931. The van der Waals surface area contributed by atoms with Crippen LogP contribution in [0.5, 0.6) is 0 Å². The normalized spacial score (nSPS) is 12.6. The van der Waals surface area contributed by atoms with Gasteiger partial charge in [-0.2, -0.15) is 0 Å². The van der Waals surface area contributed by atoms with E-state index in [9.17, 15) is 9.59 Å². The van der Waals surface area contributed by atoms with Gasteiger partial charge >= 0.3 is 0 Å². The summed E-state index contributed by atoms with van der Waals surface area (Å²) >= 11 is 0. The molecule has 0 spiro atoms. The molecule has 29 heavy (non-hydrogen) atoms. The minimum atomic E-state index is -0.331.